The third-order valence-corrected chi connectivity index (χ3v) is 6.63. The number of nitrogens with zero attached hydrogens (tertiary/aromatic N) is 2. The van der Waals surface area contributed by atoms with Crippen molar-refractivity contribution < 1.29 is 24.2 Å². The largest absolute Gasteiger partial charge is 0.503 e. The molecule has 7 nitrogen and oxygen atoms in total. The minimum absolute atomic E-state index is 0.0108. The monoisotopic (exact) mass is 518 g/mol. The van der Waals surface area contributed by atoms with Gasteiger partial charge in [0.1, 0.15) is 0 Å². The van der Waals surface area contributed by atoms with Gasteiger partial charge >= 0.3 is 0 Å². The first kappa shape index (κ1) is 26.2. The van der Waals surface area contributed by atoms with Gasteiger partial charge in [0.15, 0.2) is 28.2 Å². The smallest absolute Gasteiger partial charge is 0.296 e. The molecule has 192 valence electrons. The van der Waals surface area contributed by atoms with E-state index >= 15 is 0 Å². The molecule has 0 saturated heterocycles. The number of allylic oxidation sites excluding steroid dienone is 1. The Morgan fingerprint density at radius 3 is 2.62 bits per heavy atom. The van der Waals surface area contributed by atoms with Gasteiger partial charge in [-0.05, 0) is 48.6 Å². The van der Waals surface area contributed by atoms with Crippen molar-refractivity contribution >= 4 is 34.2 Å². The van der Waals surface area contributed by atoms with E-state index in [4.69, 9.17) is 9.47 Å². The highest BCUT2D eigenvalue weighted by atomic mass is 32.1. The van der Waals surface area contributed by atoms with Gasteiger partial charge in [-0.1, -0.05) is 56.3 Å². The van der Waals surface area contributed by atoms with Gasteiger partial charge in [-0.2, -0.15) is 0 Å². The minimum Gasteiger partial charge on any atom is -0.503 e. The summed E-state index contributed by atoms with van der Waals surface area (Å²) in [5.74, 6) is -0.134. The maximum Gasteiger partial charge on any atom is 0.296 e. The number of carbonyl (C=O) groups is 2. The van der Waals surface area contributed by atoms with Crippen molar-refractivity contribution in [2.24, 2.45) is 5.92 Å². The normalized spacial score (nSPS) is 15.7. The molecule has 2 aromatic carbocycles. The van der Waals surface area contributed by atoms with E-state index in [0.717, 1.165) is 12.0 Å². The summed E-state index contributed by atoms with van der Waals surface area (Å²) in [5, 5.41) is 13.0. The number of ketones is 1. The van der Waals surface area contributed by atoms with E-state index < -0.39 is 23.5 Å². The highest BCUT2D eigenvalue weighted by Gasteiger charge is 2.45. The van der Waals surface area contributed by atoms with Crippen LogP contribution in [0, 0.1) is 5.92 Å². The number of ether oxygens (including phenoxy) is 2. The summed E-state index contributed by atoms with van der Waals surface area (Å²) >= 11 is 1.25. The number of thiazole rings is 1. The van der Waals surface area contributed by atoms with Crippen LogP contribution in [-0.2, 0) is 9.59 Å². The number of benzene rings is 2. The number of anilines is 1. The van der Waals surface area contributed by atoms with Crippen molar-refractivity contribution in [3.63, 3.8) is 0 Å². The first-order valence-electron chi connectivity index (χ1n) is 12.2. The number of aliphatic hydroxyl groups excluding tert-OH is 1. The standard InChI is InChI=1S/C29H30N2O5S/c1-4-35-24-18-21(11-13-23(24)36-16-14-19(2)3)26-25(22(32)12-10-20-8-6-5-7-9-20)27(33)28(34)31(26)29-30-15-17-37-29/h5-13,15,17-19,26,33H,4,14,16H2,1-3H3. The molecule has 1 N–H and O–H groups in total. The minimum atomic E-state index is -0.879. The molecule has 0 radical (unpaired) electrons. The SMILES string of the molecule is CCOc1cc(C2C(C(=O)C=Cc3ccccc3)=C(O)C(=O)N2c2nccs2)ccc1OCCC(C)C. The van der Waals surface area contributed by atoms with Crippen molar-refractivity contribution in [2.75, 3.05) is 18.1 Å². The predicted octanol–water partition coefficient (Wildman–Crippen LogP) is 6.15. The summed E-state index contributed by atoms with van der Waals surface area (Å²) in [4.78, 5) is 32.2. The average molecular weight is 519 g/mol. The third-order valence-electron chi connectivity index (χ3n) is 5.86. The summed E-state index contributed by atoms with van der Waals surface area (Å²) < 4.78 is 11.8. The molecular formula is C29H30N2O5S. The lowest BCUT2D eigenvalue weighted by atomic mass is 9.95. The molecule has 1 atom stereocenters. The van der Waals surface area contributed by atoms with Crippen molar-refractivity contribution in [3.05, 3.63) is 88.6 Å². The first-order chi connectivity index (χ1) is 17.9. The van der Waals surface area contributed by atoms with Gasteiger partial charge in [0.05, 0.1) is 24.8 Å². The van der Waals surface area contributed by atoms with Crippen LogP contribution in [0.25, 0.3) is 6.08 Å². The van der Waals surface area contributed by atoms with Crippen LogP contribution in [0.3, 0.4) is 0 Å². The third kappa shape index (κ3) is 5.91. The van der Waals surface area contributed by atoms with E-state index in [1.54, 1.807) is 35.9 Å². The predicted molar refractivity (Wildman–Crippen MR) is 145 cm³/mol. The molecule has 37 heavy (non-hydrogen) atoms. The molecule has 1 aliphatic rings. The number of aliphatic hydroxyl groups is 1. The Kier molecular flexibility index (Phi) is 8.40. The fourth-order valence-corrected chi connectivity index (χ4v) is 4.68. The van der Waals surface area contributed by atoms with E-state index in [1.807, 2.05) is 37.3 Å². The fourth-order valence-electron chi connectivity index (χ4n) is 4.02. The van der Waals surface area contributed by atoms with Gasteiger partial charge < -0.3 is 14.6 Å². The molecule has 0 bridgehead atoms. The Labute approximate surface area is 220 Å². The lowest BCUT2D eigenvalue weighted by Gasteiger charge is -2.25. The second-order valence-corrected chi connectivity index (χ2v) is 9.81. The second-order valence-electron chi connectivity index (χ2n) is 8.93. The van der Waals surface area contributed by atoms with Crippen LogP contribution >= 0.6 is 11.3 Å². The number of hydrogen-bond acceptors (Lipinski definition) is 7. The molecule has 8 heteroatoms. The van der Waals surface area contributed by atoms with Gasteiger partial charge in [0, 0.05) is 11.6 Å². The molecule has 2 heterocycles. The molecule has 1 amide bonds. The summed E-state index contributed by atoms with van der Waals surface area (Å²) in [6.07, 6.45) is 5.51. The van der Waals surface area contributed by atoms with E-state index in [0.29, 0.717) is 41.3 Å². The number of hydrogen-bond donors (Lipinski definition) is 1. The summed E-state index contributed by atoms with van der Waals surface area (Å²) in [5.41, 5.74) is 1.42. The highest BCUT2D eigenvalue weighted by molar-refractivity contribution is 7.13. The van der Waals surface area contributed by atoms with Crippen molar-refractivity contribution in [1.82, 2.24) is 4.98 Å². The molecule has 0 fully saturated rings. The maximum atomic E-state index is 13.4. The lowest BCUT2D eigenvalue weighted by molar-refractivity contribution is -0.117. The Hall–Kier alpha value is -3.91. The molecular weight excluding hydrogens is 488 g/mol. The molecule has 3 aromatic rings. The van der Waals surface area contributed by atoms with E-state index in [-0.39, 0.29) is 5.57 Å². The van der Waals surface area contributed by atoms with Crippen LogP contribution in [0.2, 0.25) is 0 Å². The lowest BCUT2D eigenvalue weighted by Crippen LogP contribution is -2.30. The van der Waals surface area contributed by atoms with E-state index in [9.17, 15) is 14.7 Å². The summed E-state index contributed by atoms with van der Waals surface area (Å²) in [6.45, 7) is 7.09. The Bertz CT molecular complexity index is 1300. The van der Waals surface area contributed by atoms with Gasteiger partial charge in [-0.15, -0.1) is 11.3 Å². The number of rotatable bonds is 11. The number of aromatic nitrogens is 1. The Morgan fingerprint density at radius 1 is 1.16 bits per heavy atom. The quantitative estimate of drug-likeness (QED) is 0.306. The Balaban J connectivity index is 1.74. The molecule has 1 aliphatic heterocycles. The molecule has 0 saturated carbocycles. The highest BCUT2D eigenvalue weighted by Crippen LogP contribution is 2.44. The zero-order chi connectivity index (χ0) is 26.4. The summed E-state index contributed by atoms with van der Waals surface area (Å²) in [7, 11) is 0. The van der Waals surface area contributed by atoms with Crippen LogP contribution in [0.4, 0.5) is 5.13 Å². The molecule has 4 rings (SSSR count). The maximum absolute atomic E-state index is 13.4. The van der Waals surface area contributed by atoms with Crippen molar-refractivity contribution in [3.8, 4) is 11.5 Å². The van der Waals surface area contributed by atoms with Gasteiger partial charge in [-0.3, -0.25) is 14.5 Å². The van der Waals surface area contributed by atoms with Crippen molar-refractivity contribution in [1.29, 1.82) is 0 Å². The van der Waals surface area contributed by atoms with Crippen LogP contribution in [0.15, 0.2) is 77.5 Å². The first-order valence-corrected chi connectivity index (χ1v) is 13.1. The molecule has 1 aromatic heterocycles. The van der Waals surface area contributed by atoms with Crippen LogP contribution < -0.4 is 14.4 Å². The van der Waals surface area contributed by atoms with Gasteiger partial charge in [0.2, 0.25) is 0 Å². The van der Waals surface area contributed by atoms with Crippen molar-refractivity contribution in [2.45, 2.75) is 33.2 Å². The molecule has 0 aliphatic carbocycles. The average Bonchev–Trinajstić information content (AvgIpc) is 3.50. The Morgan fingerprint density at radius 2 is 1.95 bits per heavy atom. The summed E-state index contributed by atoms with van der Waals surface area (Å²) in [6, 6.07) is 13.8. The topological polar surface area (TPSA) is 89.0 Å². The molecule has 0 spiro atoms. The number of carbonyl (C=O) groups excluding carboxylic acids is 2. The molecule has 1 unspecified atom stereocenters. The zero-order valence-electron chi connectivity index (χ0n) is 21.1. The second kappa shape index (κ2) is 11.9. The van der Waals surface area contributed by atoms with Crippen LogP contribution in [0.1, 0.15) is 44.4 Å². The number of amides is 1. The van der Waals surface area contributed by atoms with E-state index in [1.165, 1.54) is 22.3 Å². The zero-order valence-corrected chi connectivity index (χ0v) is 21.9. The van der Waals surface area contributed by atoms with Gasteiger partial charge in [-0.25, -0.2) is 4.98 Å². The van der Waals surface area contributed by atoms with Gasteiger partial charge in [0.25, 0.3) is 5.91 Å². The van der Waals surface area contributed by atoms with E-state index in [2.05, 4.69) is 18.8 Å². The van der Waals surface area contributed by atoms with Crippen LogP contribution in [-0.4, -0.2) is 35.0 Å². The fraction of sp³-hybridized carbons (Fsp3) is 0.276. The van der Waals surface area contributed by atoms with Crippen LogP contribution in [0.5, 0.6) is 11.5 Å².